The van der Waals surface area contributed by atoms with Gasteiger partial charge in [0.05, 0.1) is 37.8 Å². The van der Waals surface area contributed by atoms with Crippen molar-refractivity contribution < 1.29 is 57.4 Å². The van der Waals surface area contributed by atoms with Crippen LogP contribution in [0.2, 0.25) is 0 Å². The van der Waals surface area contributed by atoms with Gasteiger partial charge in [-0.25, -0.2) is 14.1 Å². The predicted molar refractivity (Wildman–Crippen MR) is 115 cm³/mol. The van der Waals surface area contributed by atoms with Gasteiger partial charge in [0.1, 0.15) is 18.3 Å². The molecule has 0 bridgehead atoms. The number of ether oxygens (including phenoxy) is 1. The van der Waals surface area contributed by atoms with E-state index < -0.39 is 77.2 Å². The summed E-state index contributed by atoms with van der Waals surface area (Å²) >= 11 is 0. The van der Waals surface area contributed by atoms with Gasteiger partial charge in [0.2, 0.25) is 5.95 Å². The zero-order chi connectivity index (χ0) is 26.4. The number of nitrogens with one attached hydrogen (secondary N) is 2. The van der Waals surface area contributed by atoms with Crippen LogP contribution in [0.3, 0.4) is 0 Å². The maximum absolute atomic E-state index is 12.2. The normalized spacial score (nSPS) is 34.1. The van der Waals surface area contributed by atoms with Gasteiger partial charge in [0.25, 0.3) is 5.56 Å². The highest BCUT2D eigenvalue weighted by atomic mass is 31.3. The number of aromatic nitrogens is 4. The first-order valence-corrected chi connectivity index (χ1v) is 13.3. The van der Waals surface area contributed by atoms with Crippen molar-refractivity contribution in [2.45, 2.75) is 42.8 Å². The number of rotatable bonds is 9. The number of nitrogen functional groups attached to an aromatic ring is 1. The number of anilines is 1. The Hall–Kier alpha value is -1.83. The molecule has 2 saturated heterocycles. The van der Waals surface area contributed by atoms with Gasteiger partial charge in [-0.2, -0.15) is 9.29 Å². The fourth-order valence-electron chi connectivity index (χ4n) is 3.68. The van der Waals surface area contributed by atoms with Crippen LogP contribution >= 0.6 is 15.6 Å². The molecule has 4 rings (SSSR count). The molecule has 2 aromatic heterocycles. The molecule has 36 heavy (non-hydrogen) atoms. The van der Waals surface area contributed by atoms with E-state index in [2.05, 4.69) is 33.6 Å². The van der Waals surface area contributed by atoms with Crippen LogP contribution in [-0.2, 0) is 27.2 Å². The monoisotopic (exact) mass is 558 g/mol. The Morgan fingerprint density at radius 2 is 1.78 bits per heavy atom. The third-order valence-corrected chi connectivity index (χ3v) is 8.08. The minimum atomic E-state index is -5.27. The number of hydrogen-bond donors (Lipinski definition) is 9. The number of nitrogens with two attached hydrogens (primary N) is 1. The van der Waals surface area contributed by atoms with Crippen molar-refractivity contribution in [1.82, 2.24) is 24.8 Å². The number of aromatic amines is 1. The van der Waals surface area contributed by atoms with Crippen molar-refractivity contribution in [1.29, 1.82) is 0 Å². The minimum Gasteiger partial charge on any atom is -0.389 e. The van der Waals surface area contributed by atoms with Crippen molar-refractivity contribution in [3.8, 4) is 0 Å². The average molecular weight is 558 g/mol. The SMILES string of the molecule is Nc1nc2c(ncn2C2O[C@H](COP(=O)(O)OP(=O)(O)OCC3NC[C@H](O)[C@@H]3O)[C@@H](O)[C@H]2O)c(=O)[nH]1. The van der Waals surface area contributed by atoms with Crippen LogP contribution < -0.4 is 16.6 Å². The van der Waals surface area contributed by atoms with E-state index in [4.69, 9.17) is 10.5 Å². The summed E-state index contributed by atoms with van der Waals surface area (Å²) < 4.78 is 44.2. The third-order valence-electron chi connectivity index (χ3n) is 5.48. The van der Waals surface area contributed by atoms with E-state index in [1.54, 1.807) is 0 Å². The van der Waals surface area contributed by atoms with E-state index in [9.17, 15) is 44.1 Å². The Balaban J connectivity index is 1.36. The molecular formula is C15H24N6O13P2. The number of fused-ring (bicyclic) bond motifs is 1. The summed E-state index contributed by atoms with van der Waals surface area (Å²) in [6.07, 6.45) is -7.44. The topological polar surface area (TPSA) is 294 Å². The molecule has 0 aliphatic carbocycles. The van der Waals surface area contributed by atoms with Crippen molar-refractivity contribution >= 4 is 32.8 Å². The van der Waals surface area contributed by atoms with E-state index in [1.165, 1.54) is 0 Å². The number of nitrogens with zero attached hydrogens (tertiary/aromatic N) is 3. The summed E-state index contributed by atoms with van der Waals surface area (Å²) in [4.78, 5) is 41.5. The van der Waals surface area contributed by atoms with Crippen molar-refractivity contribution in [3.05, 3.63) is 16.7 Å². The van der Waals surface area contributed by atoms with Crippen LogP contribution in [0.25, 0.3) is 11.2 Å². The van der Waals surface area contributed by atoms with E-state index in [-0.39, 0.29) is 23.7 Å². The van der Waals surface area contributed by atoms with Crippen LogP contribution in [0.5, 0.6) is 0 Å². The molecule has 10 N–H and O–H groups in total. The number of H-pyrrole nitrogens is 1. The summed E-state index contributed by atoms with van der Waals surface area (Å²) in [5.74, 6) is -0.245. The van der Waals surface area contributed by atoms with Crippen LogP contribution in [-0.4, -0.2) is 106 Å². The van der Waals surface area contributed by atoms with Gasteiger partial charge in [-0.1, -0.05) is 0 Å². The Labute approximate surface area is 200 Å². The second kappa shape index (κ2) is 10.1. The Morgan fingerprint density at radius 1 is 1.11 bits per heavy atom. The lowest BCUT2D eigenvalue weighted by Gasteiger charge is -2.21. The van der Waals surface area contributed by atoms with Crippen molar-refractivity contribution in [2.24, 2.45) is 0 Å². The summed E-state index contributed by atoms with van der Waals surface area (Å²) in [5.41, 5.74) is 4.66. The van der Waals surface area contributed by atoms with Crippen molar-refractivity contribution in [2.75, 3.05) is 25.5 Å². The zero-order valence-electron chi connectivity index (χ0n) is 18.1. The summed E-state index contributed by atoms with van der Waals surface area (Å²) in [6.45, 7) is -1.54. The van der Waals surface area contributed by atoms with Crippen LogP contribution in [0.4, 0.5) is 5.95 Å². The molecule has 4 unspecified atom stereocenters. The Bertz CT molecular complexity index is 1260. The molecule has 0 radical (unpaired) electrons. The van der Waals surface area contributed by atoms with Crippen LogP contribution in [0.15, 0.2) is 11.1 Å². The molecule has 0 amide bonds. The smallest absolute Gasteiger partial charge is 0.389 e. The molecule has 2 aliphatic rings. The first-order valence-electron chi connectivity index (χ1n) is 10.3. The van der Waals surface area contributed by atoms with Gasteiger partial charge >= 0.3 is 15.6 Å². The molecule has 2 aliphatic heterocycles. The third kappa shape index (κ3) is 5.68. The molecule has 2 fully saturated rings. The van der Waals surface area contributed by atoms with Crippen LogP contribution in [0, 0.1) is 0 Å². The van der Waals surface area contributed by atoms with Gasteiger partial charge in [-0.3, -0.25) is 23.4 Å². The molecule has 0 aromatic carbocycles. The lowest BCUT2D eigenvalue weighted by molar-refractivity contribution is -0.0504. The number of β-amino-alcohol motifs (C(OH)–C–C–N with tert-alkyl or cyclic N) is 1. The number of aliphatic hydroxyl groups is 4. The highest BCUT2D eigenvalue weighted by Gasteiger charge is 2.46. The Morgan fingerprint density at radius 3 is 2.42 bits per heavy atom. The van der Waals surface area contributed by atoms with E-state index >= 15 is 0 Å². The number of hydrogen-bond acceptors (Lipinski definition) is 15. The van der Waals surface area contributed by atoms with Gasteiger partial charge in [-0.15, -0.1) is 0 Å². The molecule has 0 saturated carbocycles. The van der Waals surface area contributed by atoms with Gasteiger partial charge in [0, 0.05) is 6.54 Å². The van der Waals surface area contributed by atoms with Crippen molar-refractivity contribution in [3.63, 3.8) is 0 Å². The minimum absolute atomic E-state index is 0.00123. The van der Waals surface area contributed by atoms with Gasteiger partial charge < -0.3 is 46.0 Å². The molecule has 4 heterocycles. The second-order valence-corrected chi connectivity index (χ2v) is 11.0. The molecule has 21 heteroatoms. The first-order chi connectivity index (χ1) is 16.8. The summed E-state index contributed by atoms with van der Waals surface area (Å²) in [5, 5.41) is 42.4. The zero-order valence-corrected chi connectivity index (χ0v) is 19.9. The number of aliphatic hydroxyl groups excluding tert-OH is 4. The lowest BCUT2D eigenvalue weighted by Crippen LogP contribution is -2.36. The molecule has 0 spiro atoms. The molecule has 202 valence electrons. The fraction of sp³-hybridized carbons (Fsp3) is 0.667. The highest BCUT2D eigenvalue weighted by molar-refractivity contribution is 7.61. The predicted octanol–water partition coefficient (Wildman–Crippen LogP) is -3.73. The van der Waals surface area contributed by atoms with E-state index in [1.807, 2.05) is 0 Å². The molecule has 19 nitrogen and oxygen atoms in total. The maximum Gasteiger partial charge on any atom is 0.481 e. The highest BCUT2D eigenvalue weighted by Crippen LogP contribution is 2.60. The summed E-state index contributed by atoms with van der Waals surface area (Å²) in [6, 6.07) is -0.941. The average Bonchev–Trinajstić information content (AvgIpc) is 3.42. The molecule has 2 aromatic rings. The second-order valence-electron chi connectivity index (χ2n) is 8.00. The van der Waals surface area contributed by atoms with Gasteiger partial charge in [0.15, 0.2) is 17.4 Å². The summed E-state index contributed by atoms with van der Waals surface area (Å²) in [7, 11) is -10.4. The quantitative estimate of drug-likeness (QED) is 0.134. The number of imidazole rings is 1. The number of phosphoric ester groups is 2. The Kier molecular flexibility index (Phi) is 7.67. The number of phosphoric acid groups is 2. The van der Waals surface area contributed by atoms with Gasteiger partial charge in [-0.05, 0) is 0 Å². The lowest BCUT2D eigenvalue weighted by atomic mass is 10.1. The molecular weight excluding hydrogens is 534 g/mol. The fourth-order valence-corrected chi connectivity index (χ4v) is 5.79. The maximum atomic E-state index is 12.2. The van der Waals surface area contributed by atoms with E-state index in [0.717, 1.165) is 10.9 Å². The largest absolute Gasteiger partial charge is 0.481 e. The van der Waals surface area contributed by atoms with E-state index in [0.29, 0.717) is 0 Å². The van der Waals surface area contributed by atoms with Crippen LogP contribution in [0.1, 0.15) is 6.23 Å². The molecule has 9 atom stereocenters. The first kappa shape index (κ1) is 27.2. The standard InChI is InChI=1S/C15H24N6O13P2/c16-15-19-12-8(13(26)20-15)18-4-21(12)14-11(25)10(24)7(33-14)3-32-36(29,30)34-35(27,28)31-2-5-9(23)6(22)1-17-5/h4-7,9-11,14,17,22-25H,1-3H2,(H,27,28)(H,29,30)(H3,16,19,20,26)/t5?,6-,7+,9+,10+,11+,14?/m0/s1.